The molecule has 0 radical (unpaired) electrons. The van der Waals surface area contributed by atoms with E-state index in [1.165, 1.54) is 7.11 Å². The Bertz CT molecular complexity index is 317. The molecule has 18 heavy (non-hydrogen) atoms. The molecule has 0 saturated carbocycles. The fourth-order valence-corrected chi connectivity index (χ4v) is 1.19. The molecule has 0 spiro atoms. The Morgan fingerprint density at radius 3 is 2.28 bits per heavy atom. The smallest absolute Gasteiger partial charge is 0.326 e. The summed E-state index contributed by atoms with van der Waals surface area (Å²) < 4.78 is 4.40. The predicted octanol–water partition coefficient (Wildman–Crippen LogP) is -0.508. The first-order chi connectivity index (χ1) is 8.29. The minimum Gasteiger partial charge on any atom is -0.480 e. The molecule has 7 nitrogen and oxygen atoms in total. The van der Waals surface area contributed by atoms with Crippen LogP contribution < -0.4 is 11.1 Å². The number of ether oxygens (including phenoxy) is 1. The van der Waals surface area contributed by atoms with Crippen molar-refractivity contribution in [2.24, 2.45) is 11.7 Å². The van der Waals surface area contributed by atoms with Crippen molar-refractivity contribution in [1.29, 1.82) is 0 Å². The van der Waals surface area contributed by atoms with Gasteiger partial charge in [-0.05, 0) is 12.3 Å². The zero-order valence-corrected chi connectivity index (χ0v) is 10.8. The van der Waals surface area contributed by atoms with E-state index in [-0.39, 0.29) is 18.8 Å². The lowest BCUT2D eigenvalue weighted by Gasteiger charge is -2.19. The van der Waals surface area contributed by atoms with Gasteiger partial charge in [0.25, 0.3) is 0 Å². The van der Waals surface area contributed by atoms with Crippen molar-refractivity contribution in [1.82, 2.24) is 5.32 Å². The maximum absolute atomic E-state index is 11.6. The molecule has 4 N–H and O–H groups in total. The molecule has 0 aromatic rings. The number of nitrogens with two attached hydrogens (primary N) is 1. The standard InChI is InChI=1S/C11H20N2O5/c1-6(2)9(12)10(15)13-7(11(16)17)4-5-8(14)18-3/h6-7,9H,4-5,12H2,1-3H3,(H,13,15)(H,16,17)/t7-,9+/m1/s1. The summed E-state index contributed by atoms with van der Waals surface area (Å²) in [5.41, 5.74) is 5.59. The maximum Gasteiger partial charge on any atom is 0.326 e. The highest BCUT2D eigenvalue weighted by Gasteiger charge is 2.25. The number of hydrogen-bond donors (Lipinski definition) is 3. The van der Waals surface area contributed by atoms with E-state index in [1.807, 2.05) is 0 Å². The first-order valence-electron chi connectivity index (χ1n) is 5.65. The molecular formula is C11H20N2O5. The molecule has 2 atom stereocenters. The summed E-state index contributed by atoms with van der Waals surface area (Å²) >= 11 is 0. The van der Waals surface area contributed by atoms with Crippen molar-refractivity contribution in [2.75, 3.05) is 7.11 Å². The van der Waals surface area contributed by atoms with Gasteiger partial charge < -0.3 is 20.9 Å². The molecule has 0 aromatic heterocycles. The van der Waals surface area contributed by atoms with Gasteiger partial charge in [0.2, 0.25) is 5.91 Å². The highest BCUT2D eigenvalue weighted by molar-refractivity contribution is 5.87. The third-order valence-electron chi connectivity index (χ3n) is 2.50. The van der Waals surface area contributed by atoms with Gasteiger partial charge in [-0.1, -0.05) is 13.8 Å². The number of methoxy groups -OCH3 is 1. The summed E-state index contributed by atoms with van der Waals surface area (Å²) in [6, 6.07) is -1.91. The van der Waals surface area contributed by atoms with Crippen LogP contribution >= 0.6 is 0 Å². The van der Waals surface area contributed by atoms with Crippen LogP contribution in [0.2, 0.25) is 0 Å². The Hall–Kier alpha value is -1.63. The van der Waals surface area contributed by atoms with Crippen LogP contribution in [0.15, 0.2) is 0 Å². The maximum atomic E-state index is 11.6. The quantitative estimate of drug-likeness (QED) is 0.530. The molecule has 0 bridgehead atoms. The second kappa shape index (κ2) is 7.65. The lowest BCUT2D eigenvalue weighted by Crippen LogP contribution is -2.50. The van der Waals surface area contributed by atoms with E-state index in [4.69, 9.17) is 10.8 Å². The molecular weight excluding hydrogens is 240 g/mol. The number of carbonyl (C=O) groups is 3. The van der Waals surface area contributed by atoms with E-state index < -0.39 is 29.9 Å². The van der Waals surface area contributed by atoms with Gasteiger partial charge in [0.15, 0.2) is 0 Å². The van der Waals surface area contributed by atoms with Crippen LogP contribution in [0.5, 0.6) is 0 Å². The van der Waals surface area contributed by atoms with Gasteiger partial charge in [0.05, 0.1) is 13.2 Å². The molecule has 0 aromatic carbocycles. The van der Waals surface area contributed by atoms with Crippen molar-refractivity contribution >= 4 is 17.8 Å². The topological polar surface area (TPSA) is 119 Å². The molecule has 0 aliphatic rings. The Morgan fingerprint density at radius 1 is 1.33 bits per heavy atom. The molecule has 1 amide bonds. The van der Waals surface area contributed by atoms with Crippen LogP contribution in [-0.4, -0.2) is 42.1 Å². The minimum absolute atomic E-state index is 0.0292. The summed E-state index contributed by atoms with van der Waals surface area (Å²) in [5.74, 6) is -2.37. The predicted molar refractivity (Wildman–Crippen MR) is 63.6 cm³/mol. The number of aliphatic carboxylic acids is 1. The van der Waals surface area contributed by atoms with Crippen molar-refractivity contribution in [2.45, 2.75) is 38.8 Å². The number of carbonyl (C=O) groups excluding carboxylic acids is 2. The Labute approximate surface area is 106 Å². The summed E-state index contributed by atoms with van der Waals surface area (Å²) in [6.07, 6.45) is -0.108. The minimum atomic E-state index is -1.21. The molecule has 0 saturated heterocycles. The van der Waals surface area contributed by atoms with Crippen LogP contribution in [0.25, 0.3) is 0 Å². The first-order valence-corrected chi connectivity index (χ1v) is 5.65. The molecule has 0 heterocycles. The number of carboxylic acid groups (broad SMARTS) is 1. The number of rotatable bonds is 7. The summed E-state index contributed by atoms with van der Waals surface area (Å²) in [6.45, 7) is 3.52. The molecule has 104 valence electrons. The summed E-state index contributed by atoms with van der Waals surface area (Å²) in [4.78, 5) is 33.4. The number of hydrogen-bond acceptors (Lipinski definition) is 5. The molecule has 0 rings (SSSR count). The second-order valence-electron chi connectivity index (χ2n) is 4.28. The molecule has 0 aliphatic heterocycles. The van der Waals surface area contributed by atoms with Crippen molar-refractivity contribution < 1.29 is 24.2 Å². The van der Waals surface area contributed by atoms with Gasteiger partial charge in [0, 0.05) is 6.42 Å². The van der Waals surface area contributed by atoms with E-state index in [1.54, 1.807) is 13.8 Å². The summed E-state index contributed by atoms with van der Waals surface area (Å²) in [5, 5.41) is 11.2. The van der Waals surface area contributed by atoms with Gasteiger partial charge in [-0.25, -0.2) is 4.79 Å². The van der Waals surface area contributed by atoms with E-state index >= 15 is 0 Å². The Morgan fingerprint density at radius 2 is 1.89 bits per heavy atom. The lowest BCUT2D eigenvalue weighted by molar-refractivity contribution is -0.144. The van der Waals surface area contributed by atoms with Gasteiger partial charge in [-0.15, -0.1) is 0 Å². The molecule has 7 heteroatoms. The number of nitrogens with one attached hydrogen (secondary N) is 1. The van der Waals surface area contributed by atoms with Gasteiger partial charge in [0.1, 0.15) is 6.04 Å². The van der Waals surface area contributed by atoms with E-state index in [9.17, 15) is 14.4 Å². The normalized spacial score (nSPS) is 13.8. The number of esters is 1. The molecule has 0 fully saturated rings. The number of amides is 1. The third kappa shape index (κ3) is 5.62. The van der Waals surface area contributed by atoms with Crippen molar-refractivity contribution in [3.63, 3.8) is 0 Å². The highest BCUT2D eigenvalue weighted by Crippen LogP contribution is 2.03. The lowest BCUT2D eigenvalue weighted by atomic mass is 10.0. The average molecular weight is 260 g/mol. The van der Waals surface area contributed by atoms with Gasteiger partial charge in [-0.3, -0.25) is 9.59 Å². The number of carboxylic acids is 1. The van der Waals surface area contributed by atoms with Crippen molar-refractivity contribution in [3.05, 3.63) is 0 Å². The molecule has 0 aliphatic carbocycles. The van der Waals surface area contributed by atoms with Crippen LogP contribution in [0, 0.1) is 5.92 Å². The van der Waals surface area contributed by atoms with E-state index in [0.717, 1.165) is 0 Å². The highest BCUT2D eigenvalue weighted by atomic mass is 16.5. The monoisotopic (exact) mass is 260 g/mol. The zero-order valence-electron chi connectivity index (χ0n) is 10.8. The van der Waals surface area contributed by atoms with Gasteiger partial charge >= 0.3 is 11.9 Å². The van der Waals surface area contributed by atoms with Crippen LogP contribution in [0.4, 0.5) is 0 Å². The SMILES string of the molecule is COC(=O)CC[C@@H](NC(=O)[C@@H](N)C(C)C)C(=O)O. The molecule has 0 unspecified atom stereocenters. The van der Waals surface area contributed by atoms with Gasteiger partial charge in [-0.2, -0.15) is 0 Å². The average Bonchev–Trinajstić information content (AvgIpc) is 2.31. The fourth-order valence-electron chi connectivity index (χ4n) is 1.19. The van der Waals surface area contributed by atoms with Crippen LogP contribution in [0.1, 0.15) is 26.7 Å². The second-order valence-corrected chi connectivity index (χ2v) is 4.28. The summed E-state index contributed by atoms with van der Waals surface area (Å²) in [7, 11) is 1.21. The fraction of sp³-hybridized carbons (Fsp3) is 0.727. The Balaban J connectivity index is 4.41. The van der Waals surface area contributed by atoms with Crippen LogP contribution in [0.3, 0.4) is 0 Å². The largest absolute Gasteiger partial charge is 0.480 e. The van der Waals surface area contributed by atoms with Crippen molar-refractivity contribution in [3.8, 4) is 0 Å². The third-order valence-corrected chi connectivity index (χ3v) is 2.50. The Kier molecular flexibility index (Phi) is 6.96. The van der Waals surface area contributed by atoms with E-state index in [0.29, 0.717) is 0 Å². The van der Waals surface area contributed by atoms with Crippen LogP contribution in [-0.2, 0) is 19.1 Å². The first kappa shape index (κ1) is 16.4. The van der Waals surface area contributed by atoms with E-state index in [2.05, 4.69) is 10.1 Å². The zero-order chi connectivity index (χ0) is 14.3.